The summed E-state index contributed by atoms with van der Waals surface area (Å²) < 4.78 is 27.4. The average Bonchev–Trinajstić information content (AvgIpc) is 2.72. The van der Waals surface area contributed by atoms with Gasteiger partial charge in [-0.15, -0.1) is 0 Å². The first-order valence-electron chi connectivity index (χ1n) is 12.9. The largest absolute Gasteiger partial charge is 0.406 e. The van der Waals surface area contributed by atoms with Crippen molar-refractivity contribution in [1.29, 1.82) is 0 Å². The molecule has 2 aliphatic carbocycles. The molecule has 1 aromatic carbocycles. The van der Waals surface area contributed by atoms with Gasteiger partial charge in [0.25, 0.3) is 0 Å². The minimum atomic E-state index is -3.48. The van der Waals surface area contributed by atoms with Crippen molar-refractivity contribution in [1.82, 2.24) is 5.09 Å². The number of rotatable bonds is 9. The molecule has 0 spiro atoms. The van der Waals surface area contributed by atoms with Crippen LogP contribution >= 0.6 is 7.75 Å². The second-order valence-corrected chi connectivity index (χ2v) is 13.0. The molecule has 0 radical (unpaired) electrons. The Morgan fingerprint density at radius 3 is 1.75 bits per heavy atom. The molecular formula is C27H46NO3P. The van der Waals surface area contributed by atoms with Crippen LogP contribution in [0.3, 0.4) is 0 Å². The van der Waals surface area contributed by atoms with E-state index in [1.54, 1.807) is 0 Å². The standard InChI is InChI=1S/C27H46NO3P/c1-19(2)24-14-12-21(5)16-26(24)30-32(29,28-18-23-10-8-7-9-11-23)31-27-17-22(6)13-15-25(27)20(3)4/h7-11,19-22,24-27H,12-18H2,1-6H3,(H,28,29)/t21-,22+,24-,25-,26-,27-,32?/m1/s1. The summed E-state index contributed by atoms with van der Waals surface area (Å²) in [6, 6.07) is 10.1. The van der Waals surface area contributed by atoms with Crippen molar-refractivity contribution >= 4 is 7.75 Å². The summed E-state index contributed by atoms with van der Waals surface area (Å²) in [6.07, 6.45) is 6.59. The van der Waals surface area contributed by atoms with E-state index in [4.69, 9.17) is 9.05 Å². The minimum Gasteiger partial charge on any atom is -0.293 e. The molecule has 0 aromatic heterocycles. The van der Waals surface area contributed by atoms with E-state index >= 15 is 0 Å². The van der Waals surface area contributed by atoms with Crippen molar-refractivity contribution in [3.8, 4) is 0 Å². The lowest BCUT2D eigenvalue weighted by Gasteiger charge is -2.41. The molecule has 5 heteroatoms. The first kappa shape index (κ1) is 25.9. The Hall–Kier alpha value is -0.670. The topological polar surface area (TPSA) is 47.6 Å². The van der Waals surface area contributed by atoms with Crippen LogP contribution in [-0.2, 0) is 20.2 Å². The highest BCUT2D eigenvalue weighted by atomic mass is 31.2. The highest BCUT2D eigenvalue weighted by Crippen LogP contribution is 2.53. The van der Waals surface area contributed by atoms with Crippen molar-refractivity contribution < 1.29 is 13.6 Å². The van der Waals surface area contributed by atoms with Crippen LogP contribution in [0.5, 0.6) is 0 Å². The van der Waals surface area contributed by atoms with E-state index in [9.17, 15) is 4.57 Å². The van der Waals surface area contributed by atoms with E-state index in [0.717, 1.165) is 31.2 Å². The number of nitrogens with one attached hydrogen (secondary N) is 1. The molecule has 4 nitrogen and oxygen atoms in total. The molecular weight excluding hydrogens is 417 g/mol. The molecule has 0 aliphatic heterocycles. The van der Waals surface area contributed by atoms with E-state index in [0.29, 0.717) is 42.1 Å². The van der Waals surface area contributed by atoms with Crippen LogP contribution in [0.4, 0.5) is 0 Å². The number of hydrogen-bond acceptors (Lipinski definition) is 3. The minimum absolute atomic E-state index is 0.0219. The van der Waals surface area contributed by atoms with Crippen LogP contribution in [0, 0.1) is 35.5 Å². The maximum absolute atomic E-state index is 14.3. The van der Waals surface area contributed by atoms with Gasteiger partial charge in [0.15, 0.2) is 0 Å². The van der Waals surface area contributed by atoms with Gasteiger partial charge in [-0.05, 0) is 66.8 Å². The van der Waals surface area contributed by atoms with E-state index in [2.05, 4.69) is 58.8 Å². The molecule has 1 N–H and O–H groups in total. The van der Waals surface area contributed by atoms with Gasteiger partial charge in [-0.2, -0.15) is 0 Å². The van der Waals surface area contributed by atoms with Gasteiger partial charge in [0.05, 0.1) is 12.2 Å². The molecule has 0 amide bonds. The second kappa shape index (κ2) is 11.6. The van der Waals surface area contributed by atoms with Crippen LogP contribution in [0.25, 0.3) is 0 Å². The predicted molar refractivity (Wildman–Crippen MR) is 133 cm³/mol. The fourth-order valence-corrected chi connectivity index (χ4v) is 7.48. The zero-order valence-corrected chi connectivity index (χ0v) is 22.0. The molecule has 1 aromatic rings. The fraction of sp³-hybridized carbons (Fsp3) is 0.778. The van der Waals surface area contributed by atoms with Crippen LogP contribution < -0.4 is 5.09 Å². The smallest absolute Gasteiger partial charge is 0.293 e. The first-order valence-corrected chi connectivity index (χ1v) is 14.5. The van der Waals surface area contributed by atoms with Gasteiger partial charge in [-0.3, -0.25) is 9.05 Å². The Bertz CT molecular complexity index is 700. The van der Waals surface area contributed by atoms with Crippen molar-refractivity contribution in [2.24, 2.45) is 35.5 Å². The summed E-state index contributed by atoms with van der Waals surface area (Å²) >= 11 is 0. The zero-order valence-electron chi connectivity index (χ0n) is 21.1. The van der Waals surface area contributed by atoms with E-state index < -0.39 is 7.75 Å². The summed E-state index contributed by atoms with van der Waals surface area (Å²) in [6.45, 7) is 14.1. The first-order chi connectivity index (χ1) is 15.2. The summed E-state index contributed by atoms with van der Waals surface area (Å²) in [5.74, 6) is 3.05. The molecule has 2 saturated carbocycles. The molecule has 32 heavy (non-hydrogen) atoms. The van der Waals surface area contributed by atoms with Crippen molar-refractivity contribution in [3.63, 3.8) is 0 Å². The van der Waals surface area contributed by atoms with Gasteiger partial charge < -0.3 is 0 Å². The summed E-state index contributed by atoms with van der Waals surface area (Å²) in [5.41, 5.74) is 1.09. The van der Waals surface area contributed by atoms with Crippen LogP contribution in [-0.4, -0.2) is 12.2 Å². The van der Waals surface area contributed by atoms with Crippen LogP contribution in [0.1, 0.15) is 85.6 Å². The maximum Gasteiger partial charge on any atom is 0.406 e. The third kappa shape index (κ3) is 7.16. The summed E-state index contributed by atoms with van der Waals surface area (Å²) in [4.78, 5) is 0. The summed E-state index contributed by atoms with van der Waals surface area (Å²) in [5, 5.41) is 3.27. The van der Waals surface area contributed by atoms with Crippen molar-refractivity contribution in [2.45, 2.75) is 98.8 Å². The average molecular weight is 464 g/mol. The Balaban J connectivity index is 1.81. The van der Waals surface area contributed by atoms with Gasteiger partial charge in [0.1, 0.15) is 0 Å². The molecule has 0 bridgehead atoms. The lowest BCUT2D eigenvalue weighted by Crippen LogP contribution is -2.38. The van der Waals surface area contributed by atoms with Crippen LogP contribution in [0.15, 0.2) is 30.3 Å². The van der Waals surface area contributed by atoms with Crippen molar-refractivity contribution in [3.05, 3.63) is 35.9 Å². The van der Waals surface area contributed by atoms with E-state index in [1.807, 2.05) is 18.2 Å². The second-order valence-electron chi connectivity index (χ2n) is 11.3. The Kier molecular flexibility index (Phi) is 9.44. The normalized spacial score (nSPS) is 33.4. The number of benzene rings is 1. The SMILES string of the molecule is CC(C)[C@H]1CC[C@@H](C)C[C@H]1OP(=O)(NCc1ccccc1)O[C@@H]1C[C@@H](C)CC[C@@H]1C(C)C. The molecule has 0 heterocycles. The molecule has 3 rings (SSSR count). The van der Waals surface area contributed by atoms with Gasteiger partial charge in [0, 0.05) is 6.54 Å². The Morgan fingerprint density at radius 1 is 0.844 bits per heavy atom. The Labute approximate surface area is 196 Å². The molecule has 182 valence electrons. The molecule has 2 aliphatic rings. The highest BCUT2D eigenvalue weighted by molar-refractivity contribution is 7.51. The fourth-order valence-electron chi connectivity index (χ4n) is 5.71. The number of hydrogen-bond donors (Lipinski definition) is 1. The molecule has 7 atom stereocenters. The van der Waals surface area contributed by atoms with Gasteiger partial charge in [0.2, 0.25) is 0 Å². The van der Waals surface area contributed by atoms with Gasteiger partial charge in [-0.25, -0.2) is 9.65 Å². The molecule has 2 fully saturated rings. The monoisotopic (exact) mass is 463 g/mol. The lowest BCUT2D eigenvalue weighted by atomic mass is 9.75. The third-order valence-electron chi connectivity index (χ3n) is 7.79. The highest BCUT2D eigenvalue weighted by Gasteiger charge is 2.42. The predicted octanol–water partition coefficient (Wildman–Crippen LogP) is 7.84. The maximum atomic E-state index is 14.3. The van der Waals surface area contributed by atoms with Crippen molar-refractivity contribution in [2.75, 3.05) is 0 Å². The lowest BCUT2D eigenvalue weighted by molar-refractivity contribution is -0.00664. The zero-order chi connectivity index (χ0) is 23.3. The van der Waals surface area contributed by atoms with Gasteiger partial charge in [-0.1, -0.05) is 84.7 Å². The molecule has 0 saturated heterocycles. The Morgan fingerprint density at radius 2 is 1.31 bits per heavy atom. The summed E-state index contributed by atoms with van der Waals surface area (Å²) in [7, 11) is -3.48. The van der Waals surface area contributed by atoms with E-state index in [-0.39, 0.29) is 12.2 Å². The molecule has 1 unspecified atom stereocenters. The van der Waals surface area contributed by atoms with Crippen LogP contribution in [0.2, 0.25) is 0 Å². The quantitative estimate of drug-likeness (QED) is 0.379. The van der Waals surface area contributed by atoms with E-state index in [1.165, 1.54) is 12.8 Å². The third-order valence-corrected chi connectivity index (χ3v) is 9.43. The van der Waals surface area contributed by atoms with Gasteiger partial charge >= 0.3 is 7.75 Å².